The van der Waals surface area contributed by atoms with E-state index < -0.39 is 12.0 Å². The van der Waals surface area contributed by atoms with Crippen LogP contribution in [0.5, 0.6) is 0 Å². The molecule has 96 valence electrons. The molecule has 0 saturated carbocycles. The second kappa shape index (κ2) is 7.62. The van der Waals surface area contributed by atoms with Crippen LogP contribution in [-0.4, -0.2) is 30.3 Å². The highest BCUT2D eigenvalue weighted by Gasteiger charge is 2.20. The average Bonchev–Trinajstić information content (AvgIpc) is 2.37. The summed E-state index contributed by atoms with van der Waals surface area (Å²) in [7, 11) is 0. The van der Waals surface area contributed by atoms with Gasteiger partial charge in [0.1, 0.15) is 6.04 Å². The second-order valence-electron chi connectivity index (χ2n) is 3.55. The maximum Gasteiger partial charge on any atom is 0.329 e. The van der Waals surface area contributed by atoms with Crippen molar-refractivity contribution < 1.29 is 14.3 Å². The lowest BCUT2D eigenvalue weighted by atomic mass is 10.2. The summed E-state index contributed by atoms with van der Waals surface area (Å²) in [6.07, 6.45) is 0.154. The Hall–Kier alpha value is -1.67. The van der Waals surface area contributed by atoms with Crippen molar-refractivity contribution in [1.82, 2.24) is 5.32 Å². The quantitative estimate of drug-likeness (QED) is 0.591. The van der Waals surface area contributed by atoms with Crippen LogP contribution in [0.15, 0.2) is 18.2 Å². The summed E-state index contributed by atoms with van der Waals surface area (Å²) in [5, 5.41) is 2.58. The molecule has 0 aliphatic heterocycles. The molecule has 1 aromatic rings. The van der Waals surface area contributed by atoms with Gasteiger partial charge in [0.05, 0.1) is 13.0 Å². The zero-order valence-electron chi connectivity index (χ0n) is 10.1. The number of thiol groups is 1. The van der Waals surface area contributed by atoms with Gasteiger partial charge in [-0.3, -0.25) is 4.79 Å². The van der Waals surface area contributed by atoms with E-state index >= 15 is 0 Å². The van der Waals surface area contributed by atoms with Gasteiger partial charge >= 0.3 is 5.97 Å². The predicted octanol–water partition coefficient (Wildman–Crippen LogP) is 0.807. The summed E-state index contributed by atoms with van der Waals surface area (Å²) < 4.78 is 4.83. The maximum absolute atomic E-state index is 11.7. The fourth-order valence-corrected chi connectivity index (χ4v) is 1.57. The van der Waals surface area contributed by atoms with Crippen LogP contribution in [0.4, 0.5) is 0 Å². The van der Waals surface area contributed by atoms with Crippen LogP contribution < -0.4 is 5.32 Å². The van der Waals surface area contributed by atoms with Gasteiger partial charge in [-0.2, -0.15) is 12.6 Å². The fraction of sp³-hybridized carbons (Fsp3) is 0.385. The molecule has 4 nitrogen and oxygen atoms in total. The molecule has 1 rings (SSSR count). The van der Waals surface area contributed by atoms with E-state index in [0.717, 1.165) is 5.56 Å². The lowest BCUT2D eigenvalue weighted by Gasteiger charge is -2.14. The number of hydrogen-bond acceptors (Lipinski definition) is 4. The van der Waals surface area contributed by atoms with Crippen molar-refractivity contribution in [3.8, 4) is 0 Å². The molecule has 0 saturated heterocycles. The number of amides is 1. The summed E-state index contributed by atoms with van der Waals surface area (Å²) in [5.41, 5.74) is 0.719. The van der Waals surface area contributed by atoms with E-state index in [9.17, 15) is 9.59 Å². The molecule has 0 aliphatic carbocycles. The van der Waals surface area contributed by atoms with E-state index in [2.05, 4.69) is 30.1 Å². The maximum atomic E-state index is 11.7. The van der Waals surface area contributed by atoms with E-state index in [1.807, 2.05) is 0 Å². The zero-order chi connectivity index (χ0) is 13.4. The molecular weight excluding hydrogens is 250 g/mol. The first kappa shape index (κ1) is 14.4. The molecule has 18 heavy (non-hydrogen) atoms. The summed E-state index contributed by atoms with van der Waals surface area (Å²) in [6, 6.07) is 10.1. The van der Waals surface area contributed by atoms with Crippen LogP contribution >= 0.6 is 12.6 Å². The molecule has 0 aromatic heterocycles. The Labute approximate surface area is 112 Å². The summed E-state index contributed by atoms with van der Waals surface area (Å²) in [4.78, 5) is 23.2. The molecule has 1 atom stereocenters. The minimum absolute atomic E-state index is 0.154. The van der Waals surface area contributed by atoms with Gasteiger partial charge in [-0.1, -0.05) is 18.2 Å². The molecule has 1 amide bonds. The van der Waals surface area contributed by atoms with Gasteiger partial charge in [-0.05, 0) is 19.1 Å². The molecule has 0 spiro atoms. The summed E-state index contributed by atoms with van der Waals surface area (Å²) in [5.74, 6) is -0.530. The van der Waals surface area contributed by atoms with Gasteiger partial charge in [-0.25, -0.2) is 4.79 Å². The Morgan fingerprint density at radius 2 is 2.33 bits per heavy atom. The van der Waals surface area contributed by atoms with Crippen molar-refractivity contribution >= 4 is 24.5 Å². The molecule has 1 aromatic carbocycles. The van der Waals surface area contributed by atoms with Crippen LogP contribution in [0.1, 0.15) is 12.5 Å². The number of nitrogens with one attached hydrogen (secondary N) is 1. The van der Waals surface area contributed by atoms with Gasteiger partial charge in [0.2, 0.25) is 5.91 Å². The van der Waals surface area contributed by atoms with Crippen molar-refractivity contribution in [1.29, 1.82) is 0 Å². The molecule has 0 heterocycles. The average molecular weight is 265 g/mol. The van der Waals surface area contributed by atoms with Crippen LogP contribution in [-0.2, 0) is 20.7 Å². The van der Waals surface area contributed by atoms with Gasteiger partial charge < -0.3 is 10.1 Å². The topological polar surface area (TPSA) is 55.4 Å². The van der Waals surface area contributed by atoms with Crippen molar-refractivity contribution in [2.75, 3.05) is 12.4 Å². The van der Waals surface area contributed by atoms with Crippen LogP contribution in [0, 0.1) is 12.1 Å². The molecule has 1 N–H and O–H groups in total. The molecule has 0 aliphatic rings. The largest absolute Gasteiger partial charge is 0.464 e. The van der Waals surface area contributed by atoms with Gasteiger partial charge in [0.15, 0.2) is 0 Å². The van der Waals surface area contributed by atoms with Crippen LogP contribution in [0.2, 0.25) is 0 Å². The molecule has 0 bridgehead atoms. The normalized spacial score (nSPS) is 11.2. The summed E-state index contributed by atoms with van der Waals surface area (Å²) in [6.45, 7) is 1.99. The first-order valence-electron chi connectivity index (χ1n) is 5.61. The van der Waals surface area contributed by atoms with Crippen molar-refractivity contribution in [2.45, 2.75) is 19.4 Å². The smallest absolute Gasteiger partial charge is 0.329 e. The predicted molar refractivity (Wildman–Crippen MR) is 70.2 cm³/mol. The standard InChI is InChI=1S/C13H15NO3S/c1-2-17-13(16)11(9-18)14-12(15)8-10-6-4-3-5-7-10/h3-4,6,11,18H,2,8-9H2,1H3,(H,14,15). The van der Waals surface area contributed by atoms with E-state index in [1.165, 1.54) is 0 Å². The number of esters is 1. The zero-order valence-corrected chi connectivity index (χ0v) is 11.0. The fourth-order valence-electron chi connectivity index (χ4n) is 1.33. The van der Waals surface area contributed by atoms with E-state index in [-0.39, 0.29) is 24.7 Å². The first-order chi connectivity index (χ1) is 8.67. The Morgan fingerprint density at radius 3 is 2.89 bits per heavy atom. The molecular formula is C13H15NO3S. The highest BCUT2D eigenvalue weighted by Crippen LogP contribution is 1.97. The van der Waals surface area contributed by atoms with Gasteiger partial charge in [0, 0.05) is 11.3 Å². The third-order valence-electron chi connectivity index (χ3n) is 2.15. The number of carbonyl (C=O) groups excluding carboxylic acids is 2. The van der Waals surface area contributed by atoms with Crippen molar-refractivity contribution in [3.05, 3.63) is 35.9 Å². The van der Waals surface area contributed by atoms with Gasteiger partial charge in [-0.15, -0.1) is 0 Å². The van der Waals surface area contributed by atoms with Crippen LogP contribution in [0.3, 0.4) is 0 Å². The first-order valence-corrected chi connectivity index (χ1v) is 6.24. The van der Waals surface area contributed by atoms with E-state index in [4.69, 9.17) is 4.74 Å². The Morgan fingerprint density at radius 1 is 1.56 bits per heavy atom. The monoisotopic (exact) mass is 265 g/mol. The highest BCUT2D eigenvalue weighted by atomic mass is 32.1. The third-order valence-corrected chi connectivity index (χ3v) is 2.51. The van der Waals surface area contributed by atoms with Crippen LogP contribution in [0.25, 0.3) is 0 Å². The minimum Gasteiger partial charge on any atom is -0.464 e. The number of hydrogen-bond donors (Lipinski definition) is 2. The lowest BCUT2D eigenvalue weighted by Crippen LogP contribution is -2.43. The van der Waals surface area contributed by atoms with E-state index in [1.54, 1.807) is 25.1 Å². The number of rotatable bonds is 6. The molecule has 0 fully saturated rings. The molecule has 1 unspecified atom stereocenters. The van der Waals surface area contributed by atoms with E-state index in [0.29, 0.717) is 0 Å². The SMILES string of the molecule is CCOC(=O)C(CS)NC(=O)Cc1c#cccc1. The van der Waals surface area contributed by atoms with Crippen molar-refractivity contribution in [2.24, 2.45) is 0 Å². The third kappa shape index (κ3) is 4.68. The summed E-state index contributed by atoms with van der Waals surface area (Å²) >= 11 is 4.02. The van der Waals surface area contributed by atoms with Gasteiger partial charge in [0.25, 0.3) is 0 Å². The Bertz CT molecular complexity index is 394. The molecule has 5 heteroatoms. The Balaban J connectivity index is 2.50. The minimum atomic E-state index is -0.714. The highest BCUT2D eigenvalue weighted by molar-refractivity contribution is 7.80. The number of carbonyl (C=O) groups is 2. The van der Waals surface area contributed by atoms with Crippen molar-refractivity contribution in [3.63, 3.8) is 0 Å². The Kier molecular flexibility index (Phi) is 6.09. The lowest BCUT2D eigenvalue weighted by molar-refractivity contribution is -0.146. The number of ether oxygens (including phenoxy) is 1. The second-order valence-corrected chi connectivity index (χ2v) is 3.92. The molecule has 0 radical (unpaired) electrons.